The molecule has 0 amide bonds. The summed E-state index contributed by atoms with van der Waals surface area (Å²) < 4.78 is 0. The third kappa shape index (κ3) is 1.81. The maximum Gasteiger partial charge on any atom is 0.156 e. The van der Waals surface area contributed by atoms with Gasteiger partial charge in [0.2, 0.25) is 0 Å². The van der Waals surface area contributed by atoms with Gasteiger partial charge in [-0.25, -0.2) is 9.97 Å². The summed E-state index contributed by atoms with van der Waals surface area (Å²) in [5, 5.41) is 0. The molecule has 1 aromatic heterocycles. The molecule has 3 heteroatoms. The van der Waals surface area contributed by atoms with Gasteiger partial charge in [-0.15, -0.1) is 0 Å². The van der Waals surface area contributed by atoms with Crippen molar-refractivity contribution in [1.82, 2.24) is 9.97 Å². The minimum Gasteiger partial charge on any atom is -0.404 e. The lowest BCUT2D eigenvalue weighted by Gasteiger charge is -2.01. The van der Waals surface area contributed by atoms with Crippen LogP contribution in [-0.2, 0) is 0 Å². The van der Waals surface area contributed by atoms with E-state index in [4.69, 9.17) is 5.73 Å². The first kappa shape index (κ1) is 8.71. The summed E-state index contributed by atoms with van der Waals surface area (Å²) in [4.78, 5) is 8.49. The number of hydrogen-bond donors (Lipinski definition) is 1. The van der Waals surface area contributed by atoms with E-state index in [-0.39, 0.29) is 0 Å². The molecule has 1 aromatic rings. The number of allylic oxidation sites excluding steroid dienone is 1. The van der Waals surface area contributed by atoms with Crippen LogP contribution >= 0.6 is 0 Å². The molecule has 0 spiro atoms. The Morgan fingerprint density at radius 3 is 2.25 bits per heavy atom. The molecule has 0 fully saturated rings. The zero-order chi connectivity index (χ0) is 9.14. The Bertz CT molecular complexity index is 295. The van der Waals surface area contributed by atoms with Gasteiger partial charge in [0.15, 0.2) is 5.82 Å². The summed E-state index contributed by atoms with van der Waals surface area (Å²) in [6, 6.07) is 1.94. The number of hydrogen-bond acceptors (Lipinski definition) is 3. The monoisotopic (exact) mass is 163 g/mol. The first-order valence-corrected chi connectivity index (χ1v) is 3.84. The lowest BCUT2D eigenvalue weighted by molar-refractivity contribution is 1.02. The van der Waals surface area contributed by atoms with Crippen LogP contribution in [0.25, 0.3) is 5.57 Å². The molecule has 3 nitrogen and oxygen atoms in total. The van der Waals surface area contributed by atoms with Crippen LogP contribution in [0.4, 0.5) is 0 Å². The second-order valence-corrected chi connectivity index (χ2v) is 2.82. The third-order valence-corrected chi connectivity index (χ3v) is 1.58. The van der Waals surface area contributed by atoms with Crippen LogP contribution < -0.4 is 5.73 Å². The van der Waals surface area contributed by atoms with E-state index in [1.165, 1.54) is 6.20 Å². The van der Waals surface area contributed by atoms with Crippen LogP contribution in [0.2, 0.25) is 0 Å². The lowest BCUT2D eigenvalue weighted by Crippen LogP contribution is -1.98. The van der Waals surface area contributed by atoms with Crippen molar-refractivity contribution in [2.24, 2.45) is 5.73 Å². The van der Waals surface area contributed by atoms with Crippen molar-refractivity contribution in [3.8, 4) is 0 Å². The summed E-state index contributed by atoms with van der Waals surface area (Å²) in [6.45, 7) is 5.79. The minimum atomic E-state index is 0.718. The van der Waals surface area contributed by atoms with Gasteiger partial charge in [0.1, 0.15) is 0 Å². The number of aryl methyl sites for hydroxylation is 2. The summed E-state index contributed by atoms with van der Waals surface area (Å²) in [5.41, 5.74) is 8.21. The van der Waals surface area contributed by atoms with Crippen molar-refractivity contribution < 1.29 is 0 Å². The van der Waals surface area contributed by atoms with Crippen molar-refractivity contribution in [1.29, 1.82) is 0 Å². The van der Waals surface area contributed by atoms with Crippen molar-refractivity contribution in [3.05, 3.63) is 29.5 Å². The molecule has 0 atom stereocenters. The van der Waals surface area contributed by atoms with Gasteiger partial charge in [-0.3, -0.25) is 0 Å². The molecule has 0 unspecified atom stereocenters. The molecule has 12 heavy (non-hydrogen) atoms. The SMILES string of the molecule is CC(=CN)c1nc(C)cc(C)n1. The third-order valence-electron chi connectivity index (χ3n) is 1.58. The largest absolute Gasteiger partial charge is 0.404 e. The van der Waals surface area contributed by atoms with Gasteiger partial charge < -0.3 is 5.73 Å². The van der Waals surface area contributed by atoms with Crippen molar-refractivity contribution in [2.75, 3.05) is 0 Å². The van der Waals surface area contributed by atoms with Gasteiger partial charge in [-0.1, -0.05) is 0 Å². The van der Waals surface area contributed by atoms with E-state index in [1.54, 1.807) is 0 Å². The fourth-order valence-electron chi connectivity index (χ4n) is 0.977. The molecule has 0 aliphatic rings. The average molecular weight is 163 g/mol. The predicted octanol–water partition coefficient (Wildman–Crippen LogP) is 1.41. The van der Waals surface area contributed by atoms with E-state index in [1.807, 2.05) is 26.8 Å². The molecule has 0 aromatic carbocycles. The van der Waals surface area contributed by atoms with Crippen molar-refractivity contribution >= 4 is 5.57 Å². The quantitative estimate of drug-likeness (QED) is 0.681. The van der Waals surface area contributed by atoms with E-state index in [2.05, 4.69) is 9.97 Å². The average Bonchev–Trinajstić information content (AvgIpc) is 2.01. The number of nitrogens with two attached hydrogens (primary N) is 1. The standard InChI is InChI=1S/C9H13N3/c1-6(5-10)9-11-7(2)4-8(3)12-9/h4-5H,10H2,1-3H3. The maximum absolute atomic E-state index is 5.36. The van der Waals surface area contributed by atoms with Crippen LogP contribution in [-0.4, -0.2) is 9.97 Å². The summed E-state index contributed by atoms with van der Waals surface area (Å²) in [5.74, 6) is 0.718. The second kappa shape index (κ2) is 3.34. The Labute approximate surface area is 72.3 Å². The van der Waals surface area contributed by atoms with Gasteiger partial charge in [0.05, 0.1) is 0 Å². The molecule has 0 saturated heterocycles. The van der Waals surface area contributed by atoms with Gasteiger partial charge in [-0.05, 0) is 26.8 Å². The topological polar surface area (TPSA) is 51.8 Å². The van der Waals surface area contributed by atoms with Gasteiger partial charge in [0, 0.05) is 23.2 Å². The Hall–Kier alpha value is -1.38. The Balaban J connectivity index is 3.17. The molecule has 0 aliphatic heterocycles. The van der Waals surface area contributed by atoms with Crippen molar-refractivity contribution in [3.63, 3.8) is 0 Å². The molecule has 1 rings (SSSR count). The molecule has 2 N–H and O–H groups in total. The molecule has 0 bridgehead atoms. The van der Waals surface area contributed by atoms with Crippen LogP contribution in [0.1, 0.15) is 24.1 Å². The van der Waals surface area contributed by atoms with E-state index in [9.17, 15) is 0 Å². The smallest absolute Gasteiger partial charge is 0.156 e. The summed E-state index contributed by atoms with van der Waals surface area (Å²) >= 11 is 0. The molecular weight excluding hydrogens is 150 g/mol. The fourth-order valence-corrected chi connectivity index (χ4v) is 0.977. The highest BCUT2D eigenvalue weighted by Gasteiger charge is 1.99. The molecule has 0 radical (unpaired) electrons. The zero-order valence-corrected chi connectivity index (χ0v) is 7.63. The van der Waals surface area contributed by atoms with Crippen LogP contribution in [0.15, 0.2) is 12.3 Å². The molecule has 0 aliphatic carbocycles. The highest BCUT2D eigenvalue weighted by Crippen LogP contribution is 2.08. The molecule has 0 saturated carbocycles. The molecule has 64 valence electrons. The van der Waals surface area contributed by atoms with Crippen LogP contribution in [0, 0.1) is 13.8 Å². The summed E-state index contributed by atoms with van der Waals surface area (Å²) in [7, 11) is 0. The minimum absolute atomic E-state index is 0.718. The number of nitrogens with zero attached hydrogens (tertiary/aromatic N) is 2. The van der Waals surface area contributed by atoms with Gasteiger partial charge in [0.25, 0.3) is 0 Å². The van der Waals surface area contributed by atoms with Crippen LogP contribution in [0.5, 0.6) is 0 Å². The Morgan fingerprint density at radius 2 is 1.83 bits per heavy atom. The summed E-state index contributed by atoms with van der Waals surface area (Å²) in [6.07, 6.45) is 1.52. The first-order chi connectivity index (χ1) is 5.63. The lowest BCUT2D eigenvalue weighted by atomic mass is 10.3. The van der Waals surface area contributed by atoms with Crippen LogP contribution in [0.3, 0.4) is 0 Å². The normalized spacial score (nSPS) is 11.8. The number of rotatable bonds is 1. The first-order valence-electron chi connectivity index (χ1n) is 3.84. The van der Waals surface area contributed by atoms with Gasteiger partial charge in [-0.2, -0.15) is 0 Å². The van der Waals surface area contributed by atoms with E-state index < -0.39 is 0 Å². The van der Waals surface area contributed by atoms with Gasteiger partial charge >= 0.3 is 0 Å². The second-order valence-electron chi connectivity index (χ2n) is 2.82. The Kier molecular flexibility index (Phi) is 2.43. The highest BCUT2D eigenvalue weighted by atomic mass is 14.9. The molecule has 1 heterocycles. The van der Waals surface area contributed by atoms with E-state index in [0.717, 1.165) is 22.8 Å². The van der Waals surface area contributed by atoms with E-state index in [0.29, 0.717) is 0 Å². The molecular formula is C9H13N3. The fraction of sp³-hybridized carbons (Fsp3) is 0.333. The van der Waals surface area contributed by atoms with Crippen molar-refractivity contribution in [2.45, 2.75) is 20.8 Å². The number of aromatic nitrogens is 2. The highest BCUT2D eigenvalue weighted by molar-refractivity contribution is 5.56. The zero-order valence-electron chi connectivity index (χ0n) is 7.63. The predicted molar refractivity (Wildman–Crippen MR) is 49.3 cm³/mol. The maximum atomic E-state index is 5.36. The Morgan fingerprint density at radius 1 is 1.33 bits per heavy atom. The van der Waals surface area contributed by atoms with E-state index >= 15 is 0 Å².